The minimum atomic E-state index is -0.295. The van der Waals surface area contributed by atoms with E-state index in [9.17, 15) is 4.79 Å². The molecule has 0 bridgehead atoms. The van der Waals surface area contributed by atoms with E-state index in [-0.39, 0.29) is 11.1 Å². The summed E-state index contributed by atoms with van der Waals surface area (Å²) in [5, 5.41) is 9.96. The highest BCUT2D eigenvalue weighted by molar-refractivity contribution is 8.18. The van der Waals surface area contributed by atoms with E-state index in [0.717, 1.165) is 11.8 Å². The number of carbonyl (C=O) groups excluding carboxylic acids is 1. The first-order chi connectivity index (χ1) is 9.58. The molecule has 1 amide bonds. The van der Waals surface area contributed by atoms with Gasteiger partial charge in [-0.3, -0.25) is 10.2 Å². The number of amidine groups is 1. The highest BCUT2D eigenvalue weighted by Crippen LogP contribution is 2.37. The summed E-state index contributed by atoms with van der Waals surface area (Å²) in [6.45, 7) is 0. The lowest BCUT2D eigenvalue weighted by atomic mass is 10.1. The van der Waals surface area contributed by atoms with E-state index < -0.39 is 0 Å². The van der Waals surface area contributed by atoms with E-state index in [4.69, 9.17) is 19.6 Å². The fourth-order valence-electron chi connectivity index (χ4n) is 1.75. The van der Waals surface area contributed by atoms with Gasteiger partial charge < -0.3 is 19.5 Å². The zero-order valence-corrected chi connectivity index (χ0v) is 12.1. The quantitative estimate of drug-likeness (QED) is 0.828. The molecule has 1 aromatic rings. The van der Waals surface area contributed by atoms with Crippen LogP contribution < -0.4 is 19.5 Å². The van der Waals surface area contributed by atoms with E-state index in [1.165, 1.54) is 21.3 Å². The van der Waals surface area contributed by atoms with Crippen molar-refractivity contribution in [1.82, 2.24) is 5.32 Å². The van der Waals surface area contributed by atoms with Crippen molar-refractivity contribution in [3.05, 3.63) is 22.6 Å². The summed E-state index contributed by atoms with van der Waals surface area (Å²) in [5.41, 5.74) is 0.678. The monoisotopic (exact) mass is 294 g/mol. The number of rotatable bonds is 4. The van der Waals surface area contributed by atoms with Gasteiger partial charge in [0.15, 0.2) is 16.7 Å². The van der Waals surface area contributed by atoms with Crippen LogP contribution in [0.15, 0.2) is 17.0 Å². The maximum absolute atomic E-state index is 11.6. The second-order valence-electron chi connectivity index (χ2n) is 3.84. The number of hydrogen-bond donors (Lipinski definition) is 2. The molecule has 20 heavy (non-hydrogen) atoms. The van der Waals surface area contributed by atoms with Crippen molar-refractivity contribution in [2.24, 2.45) is 0 Å². The van der Waals surface area contributed by atoms with Gasteiger partial charge in [-0.25, -0.2) is 0 Å². The van der Waals surface area contributed by atoms with Crippen molar-refractivity contribution in [3.63, 3.8) is 0 Å². The van der Waals surface area contributed by atoms with E-state index >= 15 is 0 Å². The van der Waals surface area contributed by atoms with Gasteiger partial charge in [-0.05, 0) is 23.9 Å². The molecule has 2 rings (SSSR count). The SMILES string of the molecule is COc1cc(OC)c(OC)cc1C=C1SC(=N)NC1=O. The molecule has 1 aliphatic rings. The molecular weight excluding hydrogens is 280 g/mol. The maximum atomic E-state index is 11.6. The summed E-state index contributed by atoms with van der Waals surface area (Å²) >= 11 is 1.07. The van der Waals surface area contributed by atoms with Crippen LogP contribution in [-0.2, 0) is 4.79 Å². The number of hydrogen-bond acceptors (Lipinski definition) is 6. The van der Waals surface area contributed by atoms with Crippen molar-refractivity contribution in [3.8, 4) is 17.2 Å². The predicted octanol–water partition coefficient (Wildman–Crippen LogP) is 1.85. The normalized spacial score (nSPS) is 16.2. The lowest BCUT2D eigenvalue weighted by molar-refractivity contribution is -0.115. The number of methoxy groups -OCH3 is 3. The van der Waals surface area contributed by atoms with Crippen molar-refractivity contribution >= 4 is 28.9 Å². The van der Waals surface area contributed by atoms with Gasteiger partial charge in [0.05, 0.1) is 26.2 Å². The van der Waals surface area contributed by atoms with Crippen LogP contribution in [0.4, 0.5) is 0 Å². The number of ether oxygens (including phenoxy) is 3. The number of thioether (sulfide) groups is 1. The molecule has 2 N–H and O–H groups in total. The Hall–Kier alpha value is -2.15. The maximum Gasteiger partial charge on any atom is 0.264 e. The zero-order chi connectivity index (χ0) is 14.7. The Bertz CT molecular complexity index is 598. The Morgan fingerprint density at radius 3 is 2.20 bits per heavy atom. The van der Waals surface area contributed by atoms with Gasteiger partial charge in [0, 0.05) is 11.6 Å². The fraction of sp³-hybridized carbons (Fsp3) is 0.231. The molecule has 1 saturated heterocycles. The van der Waals surface area contributed by atoms with Crippen LogP contribution in [0.1, 0.15) is 5.56 Å². The number of nitrogens with one attached hydrogen (secondary N) is 2. The smallest absolute Gasteiger partial charge is 0.264 e. The summed E-state index contributed by atoms with van der Waals surface area (Å²) in [7, 11) is 4.61. The van der Waals surface area contributed by atoms with E-state index in [1.54, 1.807) is 18.2 Å². The van der Waals surface area contributed by atoms with Crippen LogP contribution in [0.5, 0.6) is 17.2 Å². The molecular formula is C13H14N2O4S. The largest absolute Gasteiger partial charge is 0.496 e. The molecule has 0 unspecified atom stereocenters. The highest BCUT2D eigenvalue weighted by atomic mass is 32.2. The van der Waals surface area contributed by atoms with Crippen LogP contribution >= 0.6 is 11.8 Å². The van der Waals surface area contributed by atoms with Gasteiger partial charge in [0.25, 0.3) is 5.91 Å². The van der Waals surface area contributed by atoms with Crippen LogP contribution in [-0.4, -0.2) is 32.4 Å². The van der Waals surface area contributed by atoms with Gasteiger partial charge in [-0.15, -0.1) is 0 Å². The number of amides is 1. The average molecular weight is 294 g/mol. The fourth-order valence-corrected chi connectivity index (χ4v) is 2.44. The average Bonchev–Trinajstić information content (AvgIpc) is 2.76. The minimum absolute atomic E-state index is 0.112. The lowest BCUT2D eigenvalue weighted by Crippen LogP contribution is -2.18. The second kappa shape index (κ2) is 5.87. The van der Waals surface area contributed by atoms with Crippen LogP contribution in [0, 0.1) is 5.41 Å². The lowest BCUT2D eigenvalue weighted by Gasteiger charge is -2.12. The van der Waals surface area contributed by atoms with Gasteiger partial charge in [-0.1, -0.05) is 0 Å². The Kier molecular flexibility index (Phi) is 4.19. The predicted molar refractivity (Wildman–Crippen MR) is 77.5 cm³/mol. The first kappa shape index (κ1) is 14.3. The Morgan fingerprint density at radius 2 is 1.70 bits per heavy atom. The van der Waals surface area contributed by atoms with Crippen molar-refractivity contribution < 1.29 is 19.0 Å². The Balaban J connectivity index is 2.48. The third-order valence-corrected chi connectivity index (χ3v) is 3.51. The van der Waals surface area contributed by atoms with Crippen molar-refractivity contribution in [2.45, 2.75) is 0 Å². The third kappa shape index (κ3) is 2.72. The molecule has 0 aromatic heterocycles. The number of carbonyl (C=O) groups is 1. The molecule has 1 aliphatic heterocycles. The molecule has 7 heteroatoms. The molecule has 0 atom stereocenters. The van der Waals surface area contributed by atoms with Crippen LogP contribution in [0.2, 0.25) is 0 Å². The molecule has 106 valence electrons. The summed E-state index contributed by atoms with van der Waals surface area (Å²) in [6.07, 6.45) is 1.66. The van der Waals surface area contributed by atoms with E-state index in [0.29, 0.717) is 27.7 Å². The highest BCUT2D eigenvalue weighted by Gasteiger charge is 2.23. The molecule has 6 nitrogen and oxygen atoms in total. The van der Waals surface area contributed by atoms with Crippen LogP contribution in [0.25, 0.3) is 6.08 Å². The van der Waals surface area contributed by atoms with Gasteiger partial charge >= 0.3 is 0 Å². The standard InChI is InChI=1S/C13H14N2O4S/c1-17-8-6-10(19-3)9(18-2)4-7(8)5-11-12(16)15-13(14)20-11/h4-6H,1-3H3,(H2,14,15,16). The van der Waals surface area contributed by atoms with Gasteiger partial charge in [-0.2, -0.15) is 0 Å². The summed E-state index contributed by atoms with van der Waals surface area (Å²) in [5.74, 6) is 1.35. The Morgan fingerprint density at radius 1 is 1.10 bits per heavy atom. The van der Waals surface area contributed by atoms with E-state index in [2.05, 4.69) is 5.32 Å². The van der Waals surface area contributed by atoms with E-state index in [1.807, 2.05) is 0 Å². The van der Waals surface area contributed by atoms with Crippen LogP contribution in [0.3, 0.4) is 0 Å². The number of benzene rings is 1. The second-order valence-corrected chi connectivity index (χ2v) is 4.90. The minimum Gasteiger partial charge on any atom is -0.496 e. The molecule has 0 aliphatic carbocycles. The Labute approximate surface area is 120 Å². The summed E-state index contributed by atoms with van der Waals surface area (Å²) in [6, 6.07) is 3.41. The van der Waals surface area contributed by atoms with Crippen molar-refractivity contribution in [2.75, 3.05) is 21.3 Å². The summed E-state index contributed by atoms with van der Waals surface area (Å²) in [4.78, 5) is 12.1. The first-order valence-electron chi connectivity index (χ1n) is 5.68. The third-order valence-electron chi connectivity index (χ3n) is 2.69. The first-order valence-corrected chi connectivity index (χ1v) is 6.50. The molecule has 1 fully saturated rings. The molecule has 0 saturated carbocycles. The molecule has 0 radical (unpaired) electrons. The molecule has 1 aromatic carbocycles. The zero-order valence-electron chi connectivity index (χ0n) is 11.3. The molecule has 1 heterocycles. The molecule has 0 spiro atoms. The topological polar surface area (TPSA) is 80.6 Å². The van der Waals surface area contributed by atoms with Crippen molar-refractivity contribution in [1.29, 1.82) is 5.41 Å². The van der Waals surface area contributed by atoms with Gasteiger partial charge in [0.1, 0.15) is 5.75 Å². The summed E-state index contributed by atoms with van der Waals surface area (Å²) < 4.78 is 15.7. The van der Waals surface area contributed by atoms with Gasteiger partial charge in [0.2, 0.25) is 0 Å².